The average Bonchev–Trinajstić information content (AvgIpc) is 2.41. The van der Waals surface area contributed by atoms with E-state index in [4.69, 9.17) is 23.2 Å². The Morgan fingerprint density at radius 3 is 2.79 bits per heavy atom. The Hall–Kier alpha value is 0.0300. The fourth-order valence-electron chi connectivity index (χ4n) is 2.02. The number of β-amino-alcohol motifs (C(OH)–C–C–N with tert-alkyl or cyclic N) is 1. The molecule has 2 rings (SSSR count). The number of benzene rings is 1. The molecule has 1 unspecified atom stereocenters. The molecule has 0 bridgehead atoms. The largest absolute Gasteiger partial charge is 0.391 e. The van der Waals surface area contributed by atoms with Gasteiger partial charge in [-0.1, -0.05) is 23.2 Å². The summed E-state index contributed by atoms with van der Waals surface area (Å²) in [6, 6.07) is 5.39. The van der Waals surface area contributed by atoms with Gasteiger partial charge in [-0.25, -0.2) is 0 Å². The van der Waals surface area contributed by atoms with Gasteiger partial charge in [0.25, 0.3) is 0 Å². The van der Waals surface area contributed by atoms with Gasteiger partial charge in [0.1, 0.15) is 0 Å². The molecular formula is C13H18Cl2N2OS. The molecule has 6 heteroatoms. The second kappa shape index (κ2) is 7.72. The summed E-state index contributed by atoms with van der Waals surface area (Å²) in [5.74, 6) is 0.629. The van der Waals surface area contributed by atoms with Crippen molar-refractivity contribution in [3.8, 4) is 0 Å². The molecule has 0 amide bonds. The van der Waals surface area contributed by atoms with Crippen LogP contribution in [0.4, 0.5) is 0 Å². The molecule has 0 saturated carbocycles. The van der Waals surface area contributed by atoms with Gasteiger partial charge in [-0.05, 0) is 18.2 Å². The lowest BCUT2D eigenvalue weighted by molar-refractivity contribution is 0.121. The number of nitrogens with one attached hydrogen (secondary N) is 1. The molecule has 2 N–H and O–H groups in total. The predicted octanol–water partition coefficient (Wildman–Crippen LogP) is 2.35. The van der Waals surface area contributed by atoms with Gasteiger partial charge in [0.05, 0.1) is 11.1 Å². The third-order valence-corrected chi connectivity index (χ3v) is 4.88. The Balaban J connectivity index is 1.79. The van der Waals surface area contributed by atoms with E-state index in [-0.39, 0.29) is 6.10 Å². The summed E-state index contributed by atoms with van der Waals surface area (Å²) in [6.45, 7) is 4.71. The van der Waals surface area contributed by atoms with Gasteiger partial charge in [-0.2, -0.15) is 0 Å². The van der Waals surface area contributed by atoms with Gasteiger partial charge >= 0.3 is 0 Å². The highest BCUT2D eigenvalue weighted by molar-refractivity contribution is 7.99. The highest BCUT2D eigenvalue weighted by Crippen LogP contribution is 2.30. The molecular weight excluding hydrogens is 303 g/mol. The van der Waals surface area contributed by atoms with Gasteiger partial charge < -0.3 is 10.4 Å². The van der Waals surface area contributed by atoms with Crippen LogP contribution in [-0.4, -0.2) is 54.6 Å². The van der Waals surface area contributed by atoms with Crippen LogP contribution in [0.15, 0.2) is 23.1 Å². The van der Waals surface area contributed by atoms with E-state index < -0.39 is 0 Å². The minimum absolute atomic E-state index is 0.349. The van der Waals surface area contributed by atoms with E-state index in [1.165, 1.54) is 0 Å². The van der Waals surface area contributed by atoms with E-state index in [1.54, 1.807) is 23.9 Å². The van der Waals surface area contributed by atoms with Crippen molar-refractivity contribution in [1.29, 1.82) is 0 Å². The fraction of sp³-hybridized carbons (Fsp3) is 0.538. The molecule has 1 aliphatic heterocycles. The number of aliphatic hydroxyl groups is 1. The van der Waals surface area contributed by atoms with Crippen molar-refractivity contribution in [3.05, 3.63) is 28.2 Å². The second-order valence-electron chi connectivity index (χ2n) is 4.59. The Kier molecular flexibility index (Phi) is 6.26. The maximum atomic E-state index is 10.1. The monoisotopic (exact) mass is 320 g/mol. The molecule has 1 fully saturated rings. The summed E-state index contributed by atoms with van der Waals surface area (Å²) >= 11 is 13.6. The normalized spacial score (nSPS) is 18.5. The number of hydrogen-bond donors (Lipinski definition) is 2. The third kappa shape index (κ3) is 5.14. The zero-order valence-corrected chi connectivity index (χ0v) is 12.9. The van der Waals surface area contributed by atoms with Crippen molar-refractivity contribution in [2.24, 2.45) is 0 Å². The predicted molar refractivity (Wildman–Crippen MR) is 82.5 cm³/mol. The average molecular weight is 321 g/mol. The maximum absolute atomic E-state index is 10.1. The highest BCUT2D eigenvalue weighted by Gasteiger charge is 2.15. The summed E-state index contributed by atoms with van der Waals surface area (Å²) in [4.78, 5) is 3.20. The van der Waals surface area contributed by atoms with E-state index >= 15 is 0 Å². The van der Waals surface area contributed by atoms with Gasteiger partial charge in [0, 0.05) is 48.4 Å². The van der Waals surface area contributed by atoms with Gasteiger partial charge in [0.15, 0.2) is 0 Å². The molecule has 0 spiro atoms. The summed E-state index contributed by atoms with van der Waals surface area (Å²) < 4.78 is 0. The quantitative estimate of drug-likeness (QED) is 0.816. The molecule has 0 aliphatic carbocycles. The van der Waals surface area contributed by atoms with E-state index in [1.807, 2.05) is 6.07 Å². The number of thioether (sulfide) groups is 1. The molecule has 1 aromatic rings. The van der Waals surface area contributed by atoms with Gasteiger partial charge in [-0.15, -0.1) is 11.8 Å². The zero-order chi connectivity index (χ0) is 13.7. The minimum atomic E-state index is -0.349. The second-order valence-corrected chi connectivity index (χ2v) is 6.50. The number of hydrogen-bond acceptors (Lipinski definition) is 4. The van der Waals surface area contributed by atoms with Crippen molar-refractivity contribution in [2.45, 2.75) is 11.0 Å². The van der Waals surface area contributed by atoms with Crippen molar-refractivity contribution in [3.63, 3.8) is 0 Å². The number of piperazine rings is 1. The summed E-state index contributed by atoms with van der Waals surface area (Å²) in [5, 5.41) is 14.7. The number of halogens is 2. The smallest absolute Gasteiger partial charge is 0.0760 e. The van der Waals surface area contributed by atoms with Crippen LogP contribution in [-0.2, 0) is 0 Å². The molecule has 1 aliphatic rings. The zero-order valence-electron chi connectivity index (χ0n) is 10.6. The van der Waals surface area contributed by atoms with Crippen LogP contribution in [0, 0.1) is 0 Å². The molecule has 3 nitrogen and oxygen atoms in total. The molecule has 1 saturated heterocycles. The Morgan fingerprint density at radius 2 is 2.05 bits per heavy atom. The topological polar surface area (TPSA) is 35.5 Å². The summed E-state index contributed by atoms with van der Waals surface area (Å²) in [5.41, 5.74) is 0. The number of rotatable bonds is 5. The molecule has 1 atom stereocenters. The number of aliphatic hydroxyl groups excluding tert-OH is 1. The number of nitrogens with zero attached hydrogens (tertiary/aromatic N) is 1. The summed E-state index contributed by atoms with van der Waals surface area (Å²) in [6.07, 6.45) is -0.349. The first-order chi connectivity index (χ1) is 9.15. The minimum Gasteiger partial charge on any atom is -0.391 e. The Bertz CT molecular complexity index is 414. The molecule has 0 radical (unpaired) electrons. The van der Waals surface area contributed by atoms with Gasteiger partial charge in [-0.3, -0.25) is 4.90 Å². The van der Waals surface area contributed by atoms with Crippen molar-refractivity contribution in [2.75, 3.05) is 38.5 Å². The third-order valence-electron chi connectivity index (χ3n) is 3.00. The fourth-order valence-corrected chi connectivity index (χ4v) is 3.43. The van der Waals surface area contributed by atoms with E-state index in [0.717, 1.165) is 31.1 Å². The first kappa shape index (κ1) is 15.4. The molecule has 19 heavy (non-hydrogen) atoms. The molecule has 106 valence electrons. The van der Waals surface area contributed by atoms with E-state index in [0.29, 0.717) is 22.3 Å². The molecule has 1 aromatic carbocycles. The Morgan fingerprint density at radius 1 is 1.32 bits per heavy atom. The standard InChI is InChI=1S/C13H18Cl2N2OS/c14-10-1-2-12(15)13(7-10)19-9-11(18)8-17-5-3-16-4-6-17/h1-2,7,11,16,18H,3-6,8-9H2. The lowest BCUT2D eigenvalue weighted by atomic mass is 10.3. The SMILES string of the molecule is OC(CSc1cc(Cl)ccc1Cl)CN1CCNCC1. The molecule has 0 aromatic heterocycles. The van der Waals surface area contributed by atoms with Crippen molar-refractivity contribution >= 4 is 35.0 Å². The lowest BCUT2D eigenvalue weighted by Gasteiger charge is -2.29. The first-order valence-electron chi connectivity index (χ1n) is 6.34. The van der Waals surface area contributed by atoms with Crippen LogP contribution in [0.1, 0.15) is 0 Å². The Labute approximate surface area is 128 Å². The van der Waals surface area contributed by atoms with E-state index in [2.05, 4.69) is 10.2 Å². The van der Waals surface area contributed by atoms with Crippen LogP contribution < -0.4 is 5.32 Å². The van der Waals surface area contributed by atoms with Crippen LogP contribution in [0.3, 0.4) is 0 Å². The highest BCUT2D eigenvalue weighted by atomic mass is 35.5. The maximum Gasteiger partial charge on any atom is 0.0760 e. The first-order valence-corrected chi connectivity index (χ1v) is 8.08. The van der Waals surface area contributed by atoms with Crippen LogP contribution >= 0.6 is 35.0 Å². The van der Waals surface area contributed by atoms with Crippen molar-refractivity contribution < 1.29 is 5.11 Å². The summed E-state index contributed by atoms with van der Waals surface area (Å²) in [7, 11) is 0. The molecule has 1 heterocycles. The van der Waals surface area contributed by atoms with Crippen LogP contribution in [0.25, 0.3) is 0 Å². The van der Waals surface area contributed by atoms with Gasteiger partial charge in [0.2, 0.25) is 0 Å². The lowest BCUT2D eigenvalue weighted by Crippen LogP contribution is -2.46. The van der Waals surface area contributed by atoms with Crippen molar-refractivity contribution in [1.82, 2.24) is 10.2 Å². The van der Waals surface area contributed by atoms with Crippen LogP contribution in [0.2, 0.25) is 10.0 Å². The van der Waals surface area contributed by atoms with E-state index in [9.17, 15) is 5.11 Å². The van der Waals surface area contributed by atoms with Crippen LogP contribution in [0.5, 0.6) is 0 Å².